The van der Waals surface area contributed by atoms with Crippen LogP contribution in [0.5, 0.6) is 5.75 Å². The van der Waals surface area contributed by atoms with Crippen molar-refractivity contribution >= 4 is 17.5 Å². The minimum Gasteiger partial charge on any atom is -0.484 e. The van der Waals surface area contributed by atoms with E-state index in [2.05, 4.69) is 5.32 Å². The molecule has 1 aromatic carbocycles. The zero-order chi connectivity index (χ0) is 19.8. The quantitative estimate of drug-likeness (QED) is 0.754. The zero-order valence-electron chi connectivity index (χ0n) is 16.9. The van der Waals surface area contributed by atoms with E-state index < -0.39 is 5.60 Å². The number of hydrogen-bond acceptors (Lipinski definition) is 4. The monoisotopic (exact) mass is 388 g/mol. The summed E-state index contributed by atoms with van der Waals surface area (Å²) in [4.78, 5) is 26.9. The molecule has 0 unspecified atom stereocenters. The molecular weight excluding hydrogens is 356 g/mol. The molecule has 0 bridgehead atoms. The van der Waals surface area contributed by atoms with Crippen LogP contribution in [0.2, 0.25) is 0 Å². The van der Waals surface area contributed by atoms with Gasteiger partial charge < -0.3 is 19.7 Å². The molecule has 1 aliphatic heterocycles. The van der Waals surface area contributed by atoms with Gasteiger partial charge in [-0.15, -0.1) is 0 Å². The maximum atomic E-state index is 12.8. The Morgan fingerprint density at radius 2 is 1.57 bits per heavy atom. The van der Waals surface area contributed by atoms with Gasteiger partial charge in [-0.05, 0) is 56.4 Å². The molecule has 28 heavy (non-hydrogen) atoms. The number of ether oxygens (including phenoxy) is 2. The number of methoxy groups -OCH3 is 1. The van der Waals surface area contributed by atoms with E-state index in [0.29, 0.717) is 11.4 Å². The van der Waals surface area contributed by atoms with Crippen LogP contribution in [0.4, 0.5) is 5.69 Å². The molecule has 6 heteroatoms. The van der Waals surface area contributed by atoms with E-state index in [1.54, 1.807) is 31.4 Å². The fourth-order valence-corrected chi connectivity index (χ4v) is 4.08. The first-order chi connectivity index (χ1) is 13.6. The van der Waals surface area contributed by atoms with Crippen molar-refractivity contribution < 1.29 is 19.1 Å². The predicted octanol–water partition coefficient (Wildman–Crippen LogP) is 3.76. The largest absolute Gasteiger partial charge is 0.484 e. The molecule has 2 fully saturated rings. The standard InChI is InChI=1S/C22H32N2O4/c1-27-22(13-5-2-3-6-14-22)21(26)23-18-9-11-19(12-10-18)28-17-20(25)24-15-7-4-8-16-24/h9-12H,2-8,13-17H2,1H3,(H,23,26). The lowest BCUT2D eigenvalue weighted by molar-refractivity contribution is -0.139. The van der Waals surface area contributed by atoms with Gasteiger partial charge in [0.15, 0.2) is 6.61 Å². The summed E-state index contributed by atoms with van der Waals surface area (Å²) in [6, 6.07) is 7.18. The van der Waals surface area contributed by atoms with E-state index in [4.69, 9.17) is 9.47 Å². The number of piperidine rings is 1. The van der Waals surface area contributed by atoms with Crippen molar-refractivity contribution in [1.82, 2.24) is 4.90 Å². The van der Waals surface area contributed by atoms with Gasteiger partial charge in [-0.2, -0.15) is 0 Å². The Kier molecular flexibility index (Phi) is 7.31. The van der Waals surface area contributed by atoms with Crippen LogP contribution in [0.3, 0.4) is 0 Å². The number of likely N-dealkylation sites (tertiary alicyclic amines) is 1. The van der Waals surface area contributed by atoms with Gasteiger partial charge in [0.25, 0.3) is 11.8 Å². The Morgan fingerprint density at radius 3 is 2.18 bits per heavy atom. The summed E-state index contributed by atoms with van der Waals surface area (Å²) in [6.07, 6.45) is 9.19. The number of nitrogens with one attached hydrogen (secondary N) is 1. The minimum atomic E-state index is -0.730. The van der Waals surface area contributed by atoms with Gasteiger partial charge in [0.1, 0.15) is 11.4 Å². The first-order valence-corrected chi connectivity index (χ1v) is 10.5. The summed E-state index contributed by atoms with van der Waals surface area (Å²) in [5.74, 6) is 0.581. The number of benzene rings is 1. The van der Waals surface area contributed by atoms with Crippen molar-refractivity contribution in [3.8, 4) is 5.75 Å². The smallest absolute Gasteiger partial charge is 0.260 e. The lowest BCUT2D eigenvalue weighted by Crippen LogP contribution is -2.44. The van der Waals surface area contributed by atoms with Crippen molar-refractivity contribution in [3.05, 3.63) is 24.3 Å². The second-order valence-corrected chi connectivity index (χ2v) is 7.82. The fraction of sp³-hybridized carbons (Fsp3) is 0.636. The number of carbonyl (C=O) groups excluding carboxylic acids is 2. The molecule has 154 valence electrons. The Hall–Kier alpha value is -2.08. The van der Waals surface area contributed by atoms with Crippen molar-refractivity contribution in [3.63, 3.8) is 0 Å². The number of nitrogens with zero attached hydrogens (tertiary/aromatic N) is 1. The normalized spacial score (nSPS) is 19.5. The molecule has 0 spiro atoms. The molecule has 1 saturated carbocycles. The highest BCUT2D eigenvalue weighted by molar-refractivity contribution is 5.97. The topological polar surface area (TPSA) is 67.9 Å². The molecule has 0 atom stereocenters. The van der Waals surface area contributed by atoms with Crippen LogP contribution in [-0.2, 0) is 14.3 Å². The Morgan fingerprint density at radius 1 is 0.964 bits per heavy atom. The third kappa shape index (κ3) is 5.25. The number of amides is 2. The van der Waals surface area contributed by atoms with Gasteiger partial charge in [-0.3, -0.25) is 9.59 Å². The molecule has 1 aromatic rings. The van der Waals surface area contributed by atoms with E-state index in [1.165, 1.54) is 6.42 Å². The number of anilines is 1. The molecule has 0 radical (unpaired) electrons. The third-order valence-corrected chi connectivity index (χ3v) is 5.90. The lowest BCUT2D eigenvalue weighted by atomic mass is 9.93. The Bertz CT molecular complexity index is 645. The van der Waals surface area contributed by atoms with Crippen LogP contribution in [0.15, 0.2) is 24.3 Å². The average Bonchev–Trinajstić information content (AvgIpc) is 3.00. The summed E-state index contributed by atoms with van der Waals surface area (Å²) in [6.45, 7) is 1.71. The van der Waals surface area contributed by atoms with Gasteiger partial charge >= 0.3 is 0 Å². The maximum Gasteiger partial charge on any atom is 0.260 e. The average molecular weight is 389 g/mol. The van der Waals surface area contributed by atoms with E-state index in [9.17, 15) is 9.59 Å². The van der Waals surface area contributed by atoms with E-state index in [0.717, 1.165) is 64.5 Å². The lowest BCUT2D eigenvalue weighted by Gasteiger charge is -2.29. The molecule has 6 nitrogen and oxygen atoms in total. The van der Waals surface area contributed by atoms with Gasteiger partial charge in [-0.25, -0.2) is 0 Å². The van der Waals surface area contributed by atoms with Crippen LogP contribution in [0.25, 0.3) is 0 Å². The van der Waals surface area contributed by atoms with Gasteiger partial charge in [0.2, 0.25) is 0 Å². The minimum absolute atomic E-state index is 0.0347. The summed E-state index contributed by atoms with van der Waals surface area (Å²) in [5, 5.41) is 2.98. The highest BCUT2D eigenvalue weighted by Crippen LogP contribution is 2.31. The summed E-state index contributed by atoms with van der Waals surface area (Å²) < 4.78 is 11.3. The zero-order valence-corrected chi connectivity index (χ0v) is 16.9. The van der Waals surface area contributed by atoms with Gasteiger partial charge in [0, 0.05) is 25.9 Å². The van der Waals surface area contributed by atoms with Gasteiger partial charge in [-0.1, -0.05) is 25.7 Å². The highest BCUT2D eigenvalue weighted by atomic mass is 16.5. The van der Waals surface area contributed by atoms with E-state index in [-0.39, 0.29) is 18.4 Å². The first-order valence-electron chi connectivity index (χ1n) is 10.5. The molecule has 0 aromatic heterocycles. The van der Waals surface area contributed by atoms with Crippen molar-refractivity contribution in [2.75, 3.05) is 32.1 Å². The maximum absolute atomic E-state index is 12.8. The fourth-order valence-electron chi connectivity index (χ4n) is 4.08. The van der Waals surface area contributed by atoms with Crippen molar-refractivity contribution in [2.45, 2.75) is 63.4 Å². The molecule has 1 saturated heterocycles. The highest BCUT2D eigenvalue weighted by Gasteiger charge is 2.38. The second-order valence-electron chi connectivity index (χ2n) is 7.82. The number of carbonyl (C=O) groups is 2. The third-order valence-electron chi connectivity index (χ3n) is 5.90. The first kappa shape index (κ1) is 20.6. The number of hydrogen-bond donors (Lipinski definition) is 1. The van der Waals surface area contributed by atoms with Crippen LogP contribution >= 0.6 is 0 Å². The van der Waals surface area contributed by atoms with Crippen molar-refractivity contribution in [1.29, 1.82) is 0 Å². The van der Waals surface area contributed by atoms with Crippen LogP contribution in [0, 0.1) is 0 Å². The van der Waals surface area contributed by atoms with E-state index in [1.807, 2.05) is 4.90 Å². The predicted molar refractivity (Wildman–Crippen MR) is 108 cm³/mol. The second kappa shape index (κ2) is 9.92. The Balaban J connectivity index is 1.52. The van der Waals surface area contributed by atoms with Gasteiger partial charge in [0.05, 0.1) is 0 Å². The molecule has 1 heterocycles. The van der Waals surface area contributed by atoms with Crippen molar-refractivity contribution in [2.24, 2.45) is 0 Å². The van der Waals surface area contributed by atoms with Crippen LogP contribution in [-0.4, -0.2) is 49.1 Å². The molecule has 1 N–H and O–H groups in total. The molecular formula is C22H32N2O4. The van der Waals surface area contributed by atoms with Crippen LogP contribution < -0.4 is 10.1 Å². The number of rotatable bonds is 6. The van der Waals surface area contributed by atoms with E-state index >= 15 is 0 Å². The summed E-state index contributed by atoms with van der Waals surface area (Å²) >= 11 is 0. The summed E-state index contributed by atoms with van der Waals surface area (Å²) in [5.41, 5.74) is -0.0209. The van der Waals surface area contributed by atoms with Crippen LogP contribution in [0.1, 0.15) is 57.8 Å². The molecule has 3 rings (SSSR count). The molecule has 2 aliphatic rings. The Labute approximate surface area is 167 Å². The molecule has 2 amide bonds. The molecule has 1 aliphatic carbocycles. The summed E-state index contributed by atoms with van der Waals surface area (Å²) in [7, 11) is 1.63. The SMILES string of the molecule is COC1(C(=O)Nc2ccc(OCC(=O)N3CCCCC3)cc2)CCCCCC1.